The van der Waals surface area contributed by atoms with E-state index in [1.807, 2.05) is 30.3 Å². The molecule has 7 heteroatoms. The van der Waals surface area contributed by atoms with E-state index in [9.17, 15) is 13.2 Å². The van der Waals surface area contributed by atoms with Gasteiger partial charge in [-0.15, -0.1) is 6.42 Å². The maximum atomic E-state index is 13.0. The highest BCUT2D eigenvalue weighted by molar-refractivity contribution is 7.89. The molecule has 1 N–H and O–H groups in total. The van der Waals surface area contributed by atoms with Gasteiger partial charge >= 0.3 is 0 Å². The summed E-state index contributed by atoms with van der Waals surface area (Å²) in [5.41, 5.74) is 1.26. The van der Waals surface area contributed by atoms with E-state index in [2.05, 4.69) is 10.6 Å². The van der Waals surface area contributed by atoms with Crippen molar-refractivity contribution in [3.63, 3.8) is 0 Å². The second-order valence-electron chi connectivity index (χ2n) is 5.76. The molecule has 0 heterocycles. The number of terminal acetylenes is 1. The van der Waals surface area contributed by atoms with Crippen LogP contribution in [-0.2, 0) is 21.3 Å². The number of methoxy groups -OCH3 is 1. The Morgan fingerprint density at radius 1 is 1.19 bits per heavy atom. The highest BCUT2D eigenvalue weighted by Gasteiger charge is 2.19. The zero-order valence-corrected chi connectivity index (χ0v) is 15.9. The standard InChI is InChI=1S/C20H22N2O4S/c1-3-12-21-27(24,25)19-11-7-10-18(15-19)20(23)22(13-14-26-2)16-17-8-5-4-6-9-17/h1,4-11,15,21H,12-14,16H2,2H3. The van der Waals surface area contributed by atoms with Crippen LogP contribution in [0.25, 0.3) is 0 Å². The number of ether oxygens (including phenoxy) is 1. The minimum absolute atomic E-state index is 0.00463. The van der Waals surface area contributed by atoms with Crippen molar-refractivity contribution >= 4 is 15.9 Å². The molecule has 0 unspecified atom stereocenters. The Morgan fingerprint density at radius 3 is 2.59 bits per heavy atom. The van der Waals surface area contributed by atoms with Gasteiger partial charge in [0.2, 0.25) is 10.0 Å². The number of sulfonamides is 1. The molecule has 2 aromatic rings. The van der Waals surface area contributed by atoms with E-state index in [1.165, 1.54) is 18.2 Å². The average Bonchev–Trinajstić information content (AvgIpc) is 2.70. The van der Waals surface area contributed by atoms with Gasteiger partial charge in [-0.25, -0.2) is 8.42 Å². The third-order valence-corrected chi connectivity index (χ3v) is 5.22. The zero-order valence-electron chi connectivity index (χ0n) is 15.1. The lowest BCUT2D eigenvalue weighted by atomic mass is 10.1. The van der Waals surface area contributed by atoms with Crippen molar-refractivity contribution in [2.75, 3.05) is 26.8 Å². The molecule has 142 valence electrons. The summed E-state index contributed by atoms with van der Waals surface area (Å²) >= 11 is 0. The topological polar surface area (TPSA) is 75.7 Å². The Balaban J connectivity index is 2.26. The normalized spacial score (nSPS) is 11.0. The van der Waals surface area contributed by atoms with Crippen molar-refractivity contribution in [2.45, 2.75) is 11.4 Å². The third kappa shape index (κ3) is 5.93. The molecule has 1 amide bonds. The number of benzene rings is 2. The zero-order chi connectivity index (χ0) is 19.7. The average molecular weight is 386 g/mol. The first-order valence-electron chi connectivity index (χ1n) is 8.33. The van der Waals surface area contributed by atoms with Gasteiger partial charge < -0.3 is 9.64 Å². The molecule has 0 aliphatic carbocycles. The van der Waals surface area contributed by atoms with Gasteiger partial charge in [0.15, 0.2) is 0 Å². The quantitative estimate of drug-likeness (QED) is 0.668. The summed E-state index contributed by atoms with van der Waals surface area (Å²) in [5, 5.41) is 0. The van der Waals surface area contributed by atoms with Gasteiger partial charge in [0.1, 0.15) is 0 Å². The maximum absolute atomic E-state index is 13.0. The van der Waals surface area contributed by atoms with E-state index in [0.29, 0.717) is 19.7 Å². The van der Waals surface area contributed by atoms with E-state index in [0.717, 1.165) is 5.56 Å². The Labute approximate surface area is 160 Å². The van der Waals surface area contributed by atoms with E-state index in [-0.39, 0.29) is 22.9 Å². The van der Waals surface area contributed by atoms with Gasteiger partial charge in [-0.05, 0) is 23.8 Å². The molecule has 0 bridgehead atoms. The molecule has 27 heavy (non-hydrogen) atoms. The van der Waals surface area contributed by atoms with Crippen LogP contribution in [-0.4, -0.2) is 46.0 Å². The van der Waals surface area contributed by atoms with Crippen LogP contribution in [0.2, 0.25) is 0 Å². The number of nitrogens with one attached hydrogen (secondary N) is 1. The molecule has 0 atom stereocenters. The van der Waals surface area contributed by atoms with Crippen molar-refractivity contribution < 1.29 is 17.9 Å². The number of amides is 1. The van der Waals surface area contributed by atoms with E-state index >= 15 is 0 Å². The van der Waals surface area contributed by atoms with Crippen molar-refractivity contribution in [3.05, 3.63) is 65.7 Å². The van der Waals surface area contributed by atoms with Crippen molar-refractivity contribution in [1.29, 1.82) is 0 Å². The first kappa shape index (κ1) is 20.6. The van der Waals surface area contributed by atoms with Crippen LogP contribution < -0.4 is 4.72 Å². The molecule has 0 fully saturated rings. The number of carbonyl (C=O) groups excluding carboxylic acids is 1. The highest BCUT2D eigenvalue weighted by Crippen LogP contribution is 2.15. The van der Waals surface area contributed by atoms with Crippen molar-refractivity contribution in [3.8, 4) is 12.3 Å². The van der Waals surface area contributed by atoms with Crippen LogP contribution in [0.1, 0.15) is 15.9 Å². The highest BCUT2D eigenvalue weighted by atomic mass is 32.2. The van der Waals surface area contributed by atoms with E-state index in [1.54, 1.807) is 18.1 Å². The van der Waals surface area contributed by atoms with Crippen molar-refractivity contribution in [1.82, 2.24) is 9.62 Å². The molecule has 0 saturated carbocycles. The van der Waals surface area contributed by atoms with Gasteiger partial charge in [0.05, 0.1) is 18.0 Å². The molecule has 0 saturated heterocycles. The first-order chi connectivity index (χ1) is 13.0. The Hall–Kier alpha value is -2.66. The summed E-state index contributed by atoms with van der Waals surface area (Å²) in [4.78, 5) is 14.6. The molecule has 0 aliphatic heterocycles. The fraction of sp³-hybridized carbons (Fsp3) is 0.250. The molecule has 0 aromatic heterocycles. The molecule has 0 aliphatic rings. The van der Waals surface area contributed by atoms with Crippen LogP contribution in [0.3, 0.4) is 0 Å². The van der Waals surface area contributed by atoms with Gasteiger partial charge in [-0.3, -0.25) is 4.79 Å². The van der Waals surface area contributed by atoms with Gasteiger partial charge in [0, 0.05) is 25.8 Å². The largest absolute Gasteiger partial charge is 0.383 e. The monoisotopic (exact) mass is 386 g/mol. The van der Waals surface area contributed by atoms with Crippen LogP contribution >= 0.6 is 0 Å². The summed E-state index contributed by atoms with van der Waals surface area (Å²) in [6, 6.07) is 15.5. The van der Waals surface area contributed by atoms with Crippen LogP contribution in [0.4, 0.5) is 0 Å². The summed E-state index contributed by atoms with van der Waals surface area (Å²) < 4.78 is 31.9. The second kappa shape index (κ2) is 9.88. The Kier molecular flexibility index (Phi) is 7.55. The fourth-order valence-electron chi connectivity index (χ4n) is 2.46. The molecule has 2 rings (SSSR count). The summed E-state index contributed by atoms with van der Waals surface area (Å²) in [6.45, 7) is 1.04. The van der Waals surface area contributed by atoms with Crippen LogP contribution in [0.5, 0.6) is 0 Å². The lowest BCUT2D eigenvalue weighted by Crippen LogP contribution is -2.33. The number of nitrogens with zero attached hydrogens (tertiary/aromatic N) is 1. The van der Waals surface area contributed by atoms with Gasteiger partial charge in [0.25, 0.3) is 5.91 Å². The molecule has 0 spiro atoms. The molecule has 6 nitrogen and oxygen atoms in total. The smallest absolute Gasteiger partial charge is 0.254 e. The van der Waals surface area contributed by atoms with Gasteiger partial charge in [-0.2, -0.15) is 4.72 Å². The van der Waals surface area contributed by atoms with Crippen LogP contribution in [0.15, 0.2) is 59.5 Å². The van der Waals surface area contributed by atoms with Crippen molar-refractivity contribution in [2.24, 2.45) is 0 Å². The van der Waals surface area contributed by atoms with Gasteiger partial charge in [-0.1, -0.05) is 42.3 Å². The summed E-state index contributed by atoms with van der Waals surface area (Å²) in [7, 11) is -2.20. The number of hydrogen-bond acceptors (Lipinski definition) is 4. The number of hydrogen-bond donors (Lipinski definition) is 1. The molecule has 2 aromatic carbocycles. The molecular formula is C20H22N2O4S. The maximum Gasteiger partial charge on any atom is 0.254 e. The first-order valence-corrected chi connectivity index (χ1v) is 9.81. The SMILES string of the molecule is C#CCNS(=O)(=O)c1cccc(C(=O)N(CCOC)Cc2ccccc2)c1. The Morgan fingerprint density at radius 2 is 1.93 bits per heavy atom. The lowest BCUT2D eigenvalue weighted by Gasteiger charge is -2.23. The molecule has 0 radical (unpaired) electrons. The lowest BCUT2D eigenvalue weighted by molar-refractivity contribution is 0.0680. The minimum Gasteiger partial charge on any atom is -0.383 e. The minimum atomic E-state index is -3.77. The fourth-order valence-corrected chi connectivity index (χ4v) is 3.44. The van der Waals surface area contributed by atoms with E-state index < -0.39 is 10.0 Å². The molecular weight excluding hydrogens is 364 g/mol. The summed E-state index contributed by atoms with van der Waals surface area (Å²) in [5.74, 6) is 1.95. The Bertz CT molecular complexity index is 905. The predicted octanol–water partition coefficient (Wildman–Crippen LogP) is 1.89. The second-order valence-corrected chi connectivity index (χ2v) is 7.53. The number of carbonyl (C=O) groups is 1. The van der Waals surface area contributed by atoms with Crippen LogP contribution in [0, 0.1) is 12.3 Å². The predicted molar refractivity (Wildman–Crippen MR) is 104 cm³/mol. The summed E-state index contributed by atoms with van der Waals surface area (Å²) in [6.07, 6.45) is 5.10. The van der Waals surface area contributed by atoms with E-state index in [4.69, 9.17) is 11.2 Å². The number of rotatable bonds is 9. The third-order valence-electron chi connectivity index (χ3n) is 3.82.